The second kappa shape index (κ2) is 4.84. The fraction of sp³-hybridized carbons (Fsp3) is 0.455. The minimum Gasteiger partial charge on any atom is -0.496 e. The molecule has 0 amide bonds. The lowest BCUT2D eigenvalue weighted by Crippen LogP contribution is -2.34. The minimum atomic E-state index is 0.174. The number of nitrogens with one attached hydrogen (secondary N) is 1. The van der Waals surface area contributed by atoms with Crippen molar-refractivity contribution in [2.45, 2.75) is 6.04 Å². The van der Waals surface area contributed by atoms with Gasteiger partial charge < -0.3 is 14.8 Å². The summed E-state index contributed by atoms with van der Waals surface area (Å²) in [5.41, 5.74) is 1.06. The predicted molar refractivity (Wildman–Crippen MR) is 59.6 cm³/mol. The molecule has 0 saturated carbocycles. The van der Waals surface area contributed by atoms with Crippen molar-refractivity contribution < 1.29 is 9.47 Å². The number of hydrogen-bond donors (Lipinski definition) is 1. The van der Waals surface area contributed by atoms with Gasteiger partial charge in [-0.3, -0.25) is 0 Å². The highest BCUT2D eigenvalue weighted by molar-refractivity contribution is 6.30. The Balaban J connectivity index is 2.27. The molecule has 0 spiro atoms. The summed E-state index contributed by atoms with van der Waals surface area (Å²) in [5.74, 6) is 0.849. The summed E-state index contributed by atoms with van der Waals surface area (Å²) >= 11 is 5.97. The number of ether oxygens (including phenoxy) is 2. The van der Waals surface area contributed by atoms with Gasteiger partial charge in [0, 0.05) is 17.1 Å². The monoisotopic (exact) mass is 227 g/mol. The van der Waals surface area contributed by atoms with E-state index in [1.165, 1.54) is 0 Å². The SMILES string of the molecule is COc1ccc(Cl)cc1C1COCCN1. The highest BCUT2D eigenvalue weighted by atomic mass is 35.5. The number of morpholine rings is 1. The molecule has 1 fully saturated rings. The van der Waals surface area contributed by atoms with E-state index < -0.39 is 0 Å². The van der Waals surface area contributed by atoms with E-state index in [4.69, 9.17) is 21.1 Å². The van der Waals surface area contributed by atoms with Gasteiger partial charge in [0.05, 0.1) is 26.4 Å². The Morgan fingerprint density at radius 3 is 3.07 bits per heavy atom. The molecule has 0 bridgehead atoms. The molecular formula is C11H14ClNO2. The zero-order valence-electron chi connectivity index (χ0n) is 8.63. The highest BCUT2D eigenvalue weighted by Gasteiger charge is 2.19. The number of methoxy groups -OCH3 is 1. The lowest BCUT2D eigenvalue weighted by atomic mass is 10.1. The zero-order valence-corrected chi connectivity index (χ0v) is 9.38. The van der Waals surface area contributed by atoms with Gasteiger partial charge in [0.25, 0.3) is 0 Å². The van der Waals surface area contributed by atoms with Crippen LogP contribution in [0.3, 0.4) is 0 Å². The molecule has 0 aromatic heterocycles. The van der Waals surface area contributed by atoms with Crippen molar-refractivity contribution in [3.63, 3.8) is 0 Å². The van der Waals surface area contributed by atoms with Gasteiger partial charge in [0.2, 0.25) is 0 Å². The van der Waals surface area contributed by atoms with Crippen LogP contribution in [0.5, 0.6) is 5.75 Å². The molecule has 1 saturated heterocycles. The van der Waals surface area contributed by atoms with Crippen LogP contribution in [0.4, 0.5) is 0 Å². The molecule has 1 unspecified atom stereocenters. The summed E-state index contributed by atoms with van der Waals surface area (Å²) in [6.45, 7) is 2.29. The summed E-state index contributed by atoms with van der Waals surface area (Å²) < 4.78 is 10.7. The van der Waals surface area contributed by atoms with Crippen molar-refractivity contribution in [3.8, 4) is 5.75 Å². The number of halogens is 1. The molecule has 3 nitrogen and oxygen atoms in total. The number of rotatable bonds is 2. The maximum absolute atomic E-state index is 5.97. The Morgan fingerprint density at radius 2 is 2.40 bits per heavy atom. The van der Waals surface area contributed by atoms with Crippen LogP contribution in [-0.2, 0) is 4.74 Å². The molecule has 1 aliphatic heterocycles. The maximum atomic E-state index is 5.97. The van der Waals surface area contributed by atoms with Crippen LogP contribution in [0.2, 0.25) is 5.02 Å². The Bertz CT molecular complexity index is 337. The summed E-state index contributed by atoms with van der Waals surface area (Å²) in [6, 6.07) is 5.81. The Hall–Kier alpha value is -0.770. The van der Waals surface area contributed by atoms with E-state index in [0.29, 0.717) is 6.61 Å². The van der Waals surface area contributed by atoms with E-state index >= 15 is 0 Å². The summed E-state index contributed by atoms with van der Waals surface area (Å²) in [5, 5.41) is 4.09. The van der Waals surface area contributed by atoms with Gasteiger partial charge in [-0.25, -0.2) is 0 Å². The molecule has 15 heavy (non-hydrogen) atoms. The summed E-state index contributed by atoms with van der Waals surface area (Å²) in [4.78, 5) is 0. The molecule has 1 aliphatic rings. The molecule has 1 N–H and O–H groups in total. The Labute approximate surface area is 94.3 Å². The quantitative estimate of drug-likeness (QED) is 0.839. The minimum absolute atomic E-state index is 0.174. The average Bonchev–Trinajstić information content (AvgIpc) is 2.30. The average molecular weight is 228 g/mol. The summed E-state index contributed by atoms with van der Waals surface area (Å²) in [7, 11) is 1.66. The van der Waals surface area contributed by atoms with E-state index in [-0.39, 0.29) is 6.04 Å². The molecular weight excluding hydrogens is 214 g/mol. The van der Waals surface area contributed by atoms with Crippen molar-refractivity contribution in [2.75, 3.05) is 26.9 Å². The third kappa shape index (κ3) is 2.43. The Kier molecular flexibility index (Phi) is 3.46. The first-order valence-corrected chi connectivity index (χ1v) is 5.33. The van der Waals surface area contributed by atoms with E-state index in [1.54, 1.807) is 7.11 Å². The third-order valence-electron chi connectivity index (χ3n) is 2.49. The van der Waals surface area contributed by atoms with Crippen LogP contribution >= 0.6 is 11.6 Å². The van der Waals surface area contributed by atoms with Gasteiger partial charge in [-0.2, -0.15) is 0 Å². The lowest BCUT2D eigenvalue weighted by Gasteiger charge is -2.25. The van der Waals surface area contributed by atoms with E-state index in [9.17, 15) is 0 Å². The first kappa shape index (κ1) is 10.7. The van der Waals surface area contributed by atoms with E-state index in [1.807, 2.05) is 18.2 Å². The van der Waals surface area contributed by atoms with Crippen molar-refractivity contribution in [1.29, 1.82) is 0 Å². The highest BCUT2D eigenvalue weighted by Crippen LogP contribution is 2.29. The normalized spacial score (nSPS) is 21.3. The first-order valence-electron chi connectivity index (χ1n) is 4.96. The first-order chi connectivity index (χ1) is 7.31. The largest absolute Gasteiger partial charge is 0.496 e. The van der Waals surface area contributed by atoms with E-state index in [2.05, 4.69) is 5.32 Å². The van der Waals surface area contributed by atoms with Gasteiger partial charge in [0.1, 0.15) is 5.75 Å². The summed E-state index contributed by atoms with van der Waals surface area (Å²) in [6.07, 6.45) is 0. The molecule has 4 heteroatoms. The zero-order chi connectivity index (χ0) is 10.7. The van der Waals surface area contributed by atoms with Crippen LogP contribution in [0, 0.1) is 0 Å². The van der Waals surface area contributed by atoms with Crippen LogP contribution in [0.25, 0.3) is 0 Å². The van der Waals surface area contributed by atoms with Crippen LogP contribution in [0.15, 0.2) is 18.2 Å². The van der Waals surface area contributed by atoms with Crippen LogP contribution < -0.4 is 10.1 Å². The second-order valence-corrected chi connectivity index (χ2v) is 3.90. The van der Waals surface area contributed by atoms with Gasteiger partial charge in [-0.05, 0) is 18.2 Å². The van der Waals surface area contributed by atoms with Crippen molar-refractivity contribution in [1.82, 2.24) is 5.32 Å². The van der Waals surface area contributed by atoms with Crippen LogP contribution in [0.1, 0.15) is 11.6 Å². The van der Waals surface area contributed by atoms with Crippen molar-refractivity contribution in [2.24, 2.45) is 0 Å². The van der Waals surface area contributed by atoms with Gasteiger partial charge in [-0.15, -0.1) is 0 Å². The smallest absolute Gasteiger partial charge is 0.123 e. The lowest BCUT2D eigenvalue weighted by molar-refractivity contribution is 0.0760. The molecule has 2 rings (SSSR count). The maximum Gasteiger partial charge on any atom is 0.123 e. The molecule has 1 heterocycles. The Morgan fingerprint density at radius 1 is 1.53 bits per heavy atom. The van der Waals surface area contributed by atoms with Gasteiger partial charge in [-0.1, -0.05) is 11.6 Å². The fourth-order valence-corrected chi connectivity index (χ4v) is 1.92. The molecule has 1 aromatic rings. The fourth-order valence-electron chi connectivity index (χ4n) is 1.74. The van der Waals surface area contributed by atoms with Crippen molar-refractivity contribution in [3.05, 3.63) is 28.8 Å². The molecule has 0 radical (unpaired) electrons. The molecule has 0 aliphatic carbocycles. The standard InChI is InChI=1S/C11H14ClNO2/c1-14-11-3-2-8(12)6-9(11)10-7-15-5-4-13-10/h2-3,6,10,13H,4-5,7H2,1H3. The number of benzene rings is 1. The van der Waals surface area contributed by atoms with Crippen molar-refractivity contribution >= 4 is 11.6 Å². The third-order valence-corrected chi connectivity index (χ3v) is 2.72. The van der Waals surface area contributed by atoms with Gasteiger partial charge in [0.15, 0.2) is 0 Å². The topological polar surface area (TPSA) is 30.5 Å². The molecule has 82 valence electrons. The predicted octanol–water partition coefficient (Wildman–Crippen LogP) is 2.01. The van der Waals surface area contributed by atoms with Crippen LogP contribution in [-0.4, -0.2) is 26.9 Å². The van der Waals surface area contributed by atoms with E-state index in [0.717, 1.165) is 29.5 Å². The molecule has 1 aromatic carbocycles. The second-order valence-electron chi connectivity index (χ2n) is 3.47. The number of hydrogen-bond acceptors (Lipinski definition) is 3. The van der Waals surface area contributed by atoms with Gasteiger partial charge >= 0.3 is 0 Å². The molecule has 1 atom stereocenters.